The number of allylic oxidation sites excluding steroid dienone is 1. The molecular weight excluding hydrogens is 364 g/mol. The molecule has 2 aromatic heterocycles. The van der Waals surface area contributed by atoms with Crippen LogP contribution in [-0.4, -0.2) is 27.4 Å². The summed E-state index contributed by atoms with van der Waals surface area (Å²) in [7, 11) is 0. The molecule has 1 amide bonds. The van der Waals surface area contributed by atoms with Gasteiger partial charge >= 0.3 is 0 Å². The lowest BCUT2D eigenvalue weighted by Crippen LogP contribution is -2.44. The second-order valence-corrected chi connectivity index (χ2v) is 8.49. The third-order valence-electron chi connectivity index (χ3n) is 5.58. The molecule has 6 nitrogen and oxygen atoms in total. The van der Waals surface area contributed by atoms with Crippen molar-refractivity contribution < 1.29 is 9.59 Å². The lowest BCUT2D eigenvalue weighted by atomic mass is 9.63. The Morgan fingerprint density at radius 2 is 1.83 bits per heavy atom. The minimum Gasteiger partial charge on any atom is -0.307 e. The molecule has 3 heterocycles. The van der Waals surface area contributed by atoms with Gasteiger partial charge in [-0.05, 0) is 48.6 Å². The highest BCUT2D eigenvalue weighted by molar-refractivity contribution is 6.14. The molecule has 0 bridgehead atoms. The Bertz CT molecular complexity index is 1010. The van der Waals surface area contributed by atoms with Gasteiger partial charge in [0.2, 0.25) is 0 Å². The van der Waals surface area contributed by atoms with Crippen molar-refractivity contribution in [3.8, 4) is 0 Å². The fourth-order valence-electron chi connectivity index (χ4n) is 4.44. The second-order valence-electron chi connectivity index (χ2n) is 8.49. The van der Waals surface area contributed by atoms with Crippen molar-refractivity contribution in [2.45, 2.75) is 39.5 Å². The van der Waals surface area contributed by atoms with E-state index < -0.39 is 5.92 Å². The smallest absolute Gasteiger partial charge is 0.255 e. The van der Waals surface area contributed by atoms with Crippen LogP contribution in [0.1, 0.15) is 45.1 Å². The number of aromatic nitrogens is 2. The standard InChI is InChI=1S/C23H24N4O2/c1-14-19(22(29)27-18-6-4-5-9-25-18)20(15-7-10-24-11-8-15)21-16(26-14)12-23(2,3)13-17(21)28/h4-11,20-21H,12-13H2,1-3H3,(H,25,27,29)/t20-,21-/m0/s1. The van der Waals surface area contributed by atoms with Crippen molar-refractivity contribution >= 4 is 23.2 Å². The number of rotatable bonds is 3. The highest BCUT2D eigenvalue weighted by Gasteiger charge is 2.47. The largest absolute Gasteiger partial charge is 0.307 e. The van der Waals surface area contributed by atoms with Crippen LogP contribution in [0.4, 0.5) is 5.82 Å². The minimum absolute atomic E-state index is 0.122. The number of amides is 1. The molecule has 2 aliphatic rings. The highest BCUT2D eigenvalue weighted by atomic mass is 16.2. The van der Waals surface area contributed by atoms with E-state index in [1.54, 1.807) is 30.7 Å². The predicted molar refractivity (Wildman–Crippen MR) is 111 cm³/mol. The molecule has 0 saturated heterocycles. The van der Waals surface area contributed by atoms with E-state index in [0.29, 0.717) is 23.5 Å². The van der Waals surface area contributed by atoms with Crippen molar-refractivity contribution in [2.75, 3.05) is 5.32 Å². The lowest BCUT2D eigenvalue weighted by molar-refractivity contribution is -0.124. The zero-order valence-corrected chi connectivity index (χ0v) is 16.8. The van der Waals surface area contributed by atoms with Gasteiger partial charge in [-0.25, -0.2) is 4.98 Å². The maximum atomic E-state index is 13.3. The van der Waals surface area contributed by atoms with Crippen LogP contribution in [0.2, 0.25) is 0 Å². The molecule has 29 heavy (non-hydrogen) atoms. The molecule has 0 aromatic carbocycles. The number of ketones is 1. The number of Topliss-reactive ketones (excluding diaryl/α,β-unsaturated/α-hetero) is 1. The summed E-state index contributed by atoms with van der Waals surface area (Å²) in [5.41, 5.74) is 2.82. The van der Waals surface area contributed by atoms with E-state index in [0.717, 1.165) is 17.7 Å². The van der Waals surface area contributed by atoms with Gasteiger partial charge in [0.05, 0.1) is 5.92 Å². The Labute approximate surface area is 170 Å². The Morgan fingerprint density at radius 1 is 1.07 bits per heavy atom. The first kappa shape index (κ1) is 19.2. The average molecular weight is 388 g/mol. The summed E-state index contributed by atoms with van der Waals surface area (Å²) in [4.78, 5) is 39.5. The van der Waals surface area contributed by atoms with E-state index in [9.17, 15) is 9.59 Å². The molecule has 1 aliphatic carbocycles. The molecule has 1 N–H and O–H groups in total. The zero-order valence-electron chi connectivity index (χ0n) is 16.8. The Morgan fingerprint density at radius 3 is 2.52 bits per heavy atom. The molecule has 1 fully saturated rings. The van der Waals surface area contributed by atoms with Crippen LogP contribution in [0, 0.1) is 11.3 Å². The van der Waals surface area contributed by atoms with Gasteiger partial charge in [-0.15, -0.1) is 0 Å². The molecule has 6 heteroatoms. The topological polar surface area (TPSA) is 84.3 Å². The van der Waals surface area contributed by atoms with Crippen molar-refractivity contribution in [3.63, 3.8) is 0 Å². The number of aliphatic imine (C=N–C) groups is 1. The normalized spacial score (nSPS) is 23.3. The van der Waals surface area contributed by atoms with Crippen molar-refractivity contribution in [3.05, 3.63) is 65.8 Å². The van der Waals surface area contributed by atoms with Crippen LogP contribution in [-0.2, 0) is 9.59 Å². The third kappa shape index (κ3) is 3.75. The van der Waals surface area contributed by atoms with E-state index in [4.69, 9.17) is 4.99 Å². The summed E-state index contributed by atoms with van der Waals surface area (Å²) in [6.07, 6.45) is 6.24. The van der Waals surface area contributed by atoms with Crippen LogP contribution >= 0.6 is 0 Å². The molecule has 1 aliphatic heterocycles. The van der Waals surface area contributed by atoms with Crippen LogP contribution in [0.25, 0.3) is 0 Å². The molecule has 0 unspecified atom stereocenters. The number of hydrogen-bond acceptors (Lipinski definition) is 5. The van der Waals surface area contributed by atoms with E-state index in [1.165, 1.54) is 0 Å². The molecule has 4 rings (SSSR count). The van der Waals surface area contributed by atoms with E-state index >= 15 is 0 Å². The fraction of sp³-hybridized carbons (Fsp3) is 0.348. The van der Waals surface area contributed by atoms with Gasteiger partial charge in [0, 0.05) is 47.9 Å². The summed E-state index contributed by atoms with van der Waals surface area (Å²) >= 11 is 0. The quantitative estimate of drug-likeness (QED) is 0.863. The van der Waals surface area contributed by atoms with Crippen molar-refractivity contribution in [1.29, 1.82) is 0 Å². The summed E-state index contributed by atoms with van der Waals surface area (Å²) in [6.45, 7) is 6.03. The third-order valence-corrected chi connectivity index (χ3v) is 5.58. The number of carbonyl (C=O) groups is 2. The summed E-state index contributed by atoms with van der Waals surface area (Å²) in [5.74, 6) is -0.463. The van der Waals surface area contributed by atoms with Gasteiger partial charge in [-0.2, -0.15) is 0 Å². The van der Waals surface area contributed by atoms with Crippen LogP contribution in [0.5, 0.6) is 0 Å². The van der Waals surface area contributed by atoms with E-state index in [-0.39, 0.29) is 23.0 Å². The number of hydrogen-bond donors (Lipinski definition) is 1. The number of carbonyl (C=O) groups excluding carboxylic acids is 2. The first-order chi connectivity index (χ1) is 13.9. The molecule has 0 spiro atoms. The average Bonchev–Trinajstić information content (AvgIpc) is 2.67. The summed E-state index contributed by atoms with van der Waals surface area (Å²) < 4.78 is 0. The van der Waals surface area contributed by atoms with Crippen LogP contribution < -0.4 is 5.32 Å². The van der Waals surface area contributed by atoms with Gasteiger partial charge in [0.15, 0.2) is 0 Å². The number of anilines is 1. The second kappa shape index (κ2) is 7.35. The Kier molecular flexibility index (Phi) is 4.86. The van der Waals surface area contributed by atoms with Crippen LogP contribution in [0.15, 0.2) is 65.2 Å². The maximum absolute atomic E-state index is 13.3. The summed E-state index contributed by atoms with van der Waals surface area (Å²) in [5, 5.41) is 2.86. The van der Waals surface area contributed by atoms with Gasteiger partial charge in [-0.1, -0.05) is 19.9 Å². The number of nitrogens with zero attached hydrogens (tertiary/aromatic N) is 3. The van der Waals surface area contributed by atoms with Gasteiger partial charge in [0.1, 0.15) is 11.6 Å². The van der Waals surface area contributed by atoms with Crippen LogP contribution in [0.3, 0.4) is 0 Å². The molecular formula is C23H24N4O2. The number of pyridine rings is 2. The molecule has 148 valence electrons. The van der Waals surface area contributed by atoms with Gasteiger partial charge < -0.3 is 5.32 Å². The number of fused-ring (bicyclic) bond motifs is 1. The Hall–Kier alpha value is -3.15. The molecule has 1 saturated carbocycles. The SMILES string of the molecule is CC1=C(C(=O)Nc2ccccn2)[C@H](c2ccncc2)[C@@H]2C(=O)CC(C)(C)CC2=N1. The van der Waals surface area contributed by atoms with Crippen molar-refractivity contribution in [1.82, 2.24) is 9.97 Å². The maximum Gasteiger partial charge on any atom is 0.255 e. The minimum atomic E-state index is -0.418. The first-order valence-corrected chi connectivity index (χ1v) is 9.79. The molecule has 0 radical (unpaired) electrons. The van der Waals surface area contributed by atoms with E-state index in [1.807, 2.05) is 25.1 Å². The van der Waals surface area contributed by atoms with Gasteiger partial charge in [-0.3, -0.25) is 19.6 Å². The highest BCUT2D eigenvalue weighted by Crippen LogP contribution is 2.46. The fourth-order valence-corrected chi connectivity index (χ4v) is 4.44. The summed E-state index contributed by atoms with van der Waals surface area (Å²) in [6, 6.07) is 9.10. The number of nitrogens with one attached hydrogen (secondary N) is 1. The zero-order chi connectivity index (χ0) is 20.6. The van der Waals surface area contributed by atoms with E-state index in [2.05, 4.69) is 29.1 Å². The monoisotopic (exact) mass is 388 g/mol. The van der Waals surface area contributed by atoms with Gasteiger partial charge in [0.25, 0.3) is 5.91 Å². The first-order valence-electron chi connectivity index (χ1n) is 9.79. The molecule has 2 atom stereocenters. The Balaban J connectivity index is 1.81. The van der Waals surface area contributed by atoms with Crippen molar-refractivity contribution in [2.24, 2.45) is 16.3 Å². The lowest BCUT2D eigenvalue weighted by Gasteiger charge is -2.41. The predicted octanol–water partition coefficient (Wildman–Crippen LogP) is 3.93. The molecule has 2 aromatic rings.